The van der Waals surface area contributed by atoms with Crippen LogP contribution in [0.25, 0.3) is 0 Å². The van der Waals surface area contributed by atoms with Crippen molar-refractivity contribution in [2.24, 2.45) is 5.73 Å². The Bertz CT molecular complexity index is 315. The van der Waals surface area contributed by atoms with Crippen molar-refractivity contribution >= 4 is 22.0 Å². The molecule has 0 saturated carbocycles. The predicted molar refractivity (Wildman–Crippen MR) is 51.5 cm³/mol. The summed E-state index contributed by atoms with van der Waals surface area (Å²) in [5.74, 6) is 0. The number of aromatic nitrogens is 2. The summed E-state index contributed by atoms with van der Waals surface area (Å²) < 4.78 is 6.77. The molecule has 0 aliphatic heterocycles. The molecular formula is C7H10BrN3O3. The number of hydrogen-bond acceptors (Lipinski definition) is 4. The van der Waals surface area contributed by atoms with Crippen LogP contribution in [0.4, 0.5) is 4.79 Å². The van der Waals surface area contributed by atoms with Crippen LogP contribution in [0.2, 0.25) is 0 Å². The summed E-state index contributed by atoms with van der Waals surface area (Å²) in [6, 6.07) is 0. The number of carbonyl (C=O) groups is 1. The molecule has 1 aromatic heterocycles. The maximum Gasteiger partial charge on any atom is 0.404 e. The fourth-order valence-corrected chi connectivity index (χ4v) is 1.21. The summed E-state index contributed by atoms with van der Waals surface area (Å²) in [6.45, 7) is 0.117. The molecule has 3 N–H and O–H groups in total. The molecule has 0 fully saturated rings. The number of rotatable bonds is 4. The Hall–Kier alpha value is -1.08. The quantitative estimate of drug-likeness (QED) is 0.807. The molecule has 0 spiro atoms. The van der Waals surface area contributed by atoms with E-state index in [1.54, 1.807) is 12.4 Å². The monoisotopic (exact) mass is 263 g/mol. The Kier molecular flexibility index (Phi) is 3.90. The first-order chi connectivity index (χ1) is 6.58. The van der Waals surface area contributed by atoms with Gasteiger partial charge in [0, 0.05) is 6.20 Å². The highest BCUT2D eigenvalue weighted by Crippen LogP contribution is 2.06. The van der Waals surface area contributed by atoms with Gasteiger partial charge < -0.3 is 15.6 Å². The lowest BCUT2D eigenvalue weighted by Gasteiger charge is -2.09. The zero-order chi connectivity index (χ0) is 10.6. The highest BCUT2D eigenvalue weighted by atomic mass is 79.9. The standard InChI is InChI=1S/C7H10BrN3O3/c8-5-1-10-11(2-5)3-6(12)4-14-7(9)13/h1-2,6,12H,3-4H2,(H2,9,13). The number of carbonyl (C=O) groups excluding carboxylic acids is 1. The lowest BCUT2D eigenvalue weighted by Crippen LogP contribution is -2.26. The molecule has 0 aliphatic carbocycles. The summed E-state index contributed by atoms with van der Waals surface area (Å²) in [5.41, 5.74) is 4.74. The van der Waals surface area contributed by atoms with Crippen LogP contribution >= 0.6 is 15.9 Å². The van der Waals surface area contributed by atoms with Crippen molar-refractivity contribution in [2.45, 2.75) is 12.6 Å². The van der Waals surface area contributed by atoms with Gasteiger partial charge >= 0.3 is 6.09 Å². The first kappa shape index (κ1) is 11.0. The Labute approximate surface area is 88.8 Å². The van der Waals surface area contributed by atoms with Gasteiger partial charge in [-0.05, 0) is 15.9 Å². The Morgan fingerprint density at radius 2 is 2.57 bits per heavy atom. The number of ether oxygens (including phenoxy) is 1. The Morgan fingerprint density at radius 1 is 1.86 bits per heavy atom. The van der Waals surface area contributed by atoms with Gasteiger partial charge in [-0.25, -0.2) is 4.79 Å². The van der Waals surface area contributed by atoms with E-state index in [9.17, 15) is 9.90 Å². The van der Waals surface area contributed by atoms with Crippen LogP contribution in [0.5, 0.6) is 0 Å². The molecule has 0 aliphatic rings. The van der Waals surface area contributed by atoms with E-state index in [2.05, 4.69) is 25.8 Å². The van der Waals surface area contributed by atoms with Gasteiger partial charge in [0.2, 0.25) is 0 Å². The van der Waals surface area contributed by atoms with Crippen LogP contribution in [0.1, 0.15) is 0 Å². The number of primary amides is 1. The van der Waals surface area contributed by atoms with Crippen LogP contribution in [0.3, 0.4) is 0 Å². The van der Waals surface area contributed by atoms with E-state index in [0.29, 0.717) is 0 Å². The molecule has 1 rings (SSSR count). The van der Waals surface area contributed by atoms with Crippen molar-refractivity contribution < 1.29 is 14.6 Å². The highest BCUT2D eigenvalue weighted by Gasteiger charge is 2.08. The largest absolute Gasteiger partial charge is 0.447 e. The zero-order valence-electron chi connectivity index (χ0n) is 7.26. The topological polar surface area (TPSA) is 90.4 Å². The van der Waals surface area contributed by atoms with Gasteiger partial charge in [-0.2, -0.15) is 5.10 Å². The molecule has 0 aromatic carbocycles. The smallest absolute Gasteiger partial charge is 0.404 e. The van der Waals surface area contributed by atoms with Gasteiger partial charge in [-0.3, -0.25) is 4.68 Å². The van der Waals surface area contributed by atoms with Crippen LogP contribution in [0.15, 0.2) is 16.9 Å². The van der Waals surface area contributed by atoms with E-state index in [1.807, 2.05) is 0 Å². The van der Waals surface area contributed by atoms with Crippen LogP contribution < -0.4 is 5.73 Å². The van der Waals surface area contributed by atoms with Crippen LogP contribution in [0, 0.1) is 0 Å². The third-order valence-electron chi connectivity index (χ3n) is 1.42. The Balaban J connectivity index is 2.33. The highest BCUT2D eigenvalue weighted by molar-refractivity contribution is 9.10. The molecule has 1 aromatic rings. The van der Waals surface area contributed by atoms with Gasteiger partial charge in [0.25, 0.3) is 0 Å². The number of aliphatic hydroxyl groups is 1. The van der Waals surface area contributed by atoms with Gasteiger partial charge in [0.15, 0.2) is 0 Å². The first-order valence-electron chi connectivity index (χ1n) is 3.86. The van der Waals surface area contributed by atoms with E-state index in [-0.39, 0.29) is 13.2 Å². The minimum absolute atomic E-state index is 0.132. The molecule has 1 amide bonds. The van der Waals surface area contributed by atoms with Crippen molar-refractivity contribution in [1.82, 2.24) is 9.78 Å². The third-order valence-corrected chi connectivity index (χ3v) is 1.83. The molecule has 0 saturated heterocycles. The summed E-state index contributed by atoms with van der Waals surface area (Å²) in [4.78, 5) is 10.2. The lowest BCUT2D eigenvalue weighted by atomic mass is 10.4. The van der Waals surface area contributed by atoms with Gasteiger partial charge in [-0.1, -0.05) is 0 Å². The summed E-state index contributed by atoms with van der Waals surface area (Å²) in [6.07, 6.45) is 1.59. The molecule has 14 heavy (non-hydrogen) atoms. The van der Waals surface area contributed by atoms with E-state index in [0.717, 1.165) is 4.47 Å². The zero-order valence-corrected chi connectivity index (χ0v) is 8.85. The second kappa shape index (κ2) is 4.97. The molecule has 6 nitrogen and oxygen atoms in total. The second-order valence-electron chi connectivity index (χ2n) is 2.66. The van der Waals surface area contributed by atoms with Crippen LogP contribution in [-0.2, 0) is 11.3 Å². The molecule has 1 atom stereocenters. The SMILES string of the molecule is NC(=O)OCC(O)Cn1cc(Br)cn1. The molecule has 0 radical (unpaired) electrons. The van der Waals surface area contributed by atoms with Gasteiger partial charge in [0.05, 0.1) is 17.2 Å². The molecule has 7 heteroatoms. The maximum absolute atomic E-state index is 10.2. The molecule has 0 bridgehead atoms. The number of aliphatic hydroxyl groups excluding tert-OH is 1. The first-order valence-corrected chi connectivity index (χ1v) is 4.65. The minimum Gasteiger partial charge on any atom is -0.447 e. The molecule has 78 valence electrons. The minimum atomic E-state index is -0.898. The molecule has 1 heterocycles. The second-order valence-corrected chi connectivity index (χ2v) is 3.58. The number of halogens is 1. The number of nitrogens with zero attached hydrogens (tertiary/aromatic N) is 2. The molecular weight excluding hydrogens is 254 g/mol. The number of hydrogen-bond donors (Lipinski definition) is 2. The third kappa shape index (κ3) is 3.75. The van der Waals surface area contributed by atoms with E-state index >= 15 is 0 Å². The van der Waals surface area contributed by atoms with Crippen LogP contribution in [-0.4, -0.2) is 33.7 Å². The normalized spacial score (nSPS) is 12.4. The maximum atomic E-state index is 10.2. The summed E-state index contributed by atoms with van der Waals surface area (Å²) in [5, 5.41) is 13.3. The van der Waals surface area contributed by atoms with Crippen molar-refractivity contribution in [1.29, 1.82) is 0 Å². The van der Waals surface area contributed by atoms with Crippen molar-refractivity contribution in [3.63, 3.8) is 0 Å². The van der Waals surface area contributed by atoms with Gasteiger partial charge in [-0.15, -0.1) is 0 Å². The number of nitrogens with two attached hydrogens (primary N) is 1. The lowest BCUT2D eigenvalue weighted by molar-refractivity contribution is 0.0606. The molecule has 1 unspecified atom stereocenters. The average Bonchev–Trinajstić information content (AvgIpc) is 2.48. The predicted octanol–water partition coefficient (Wildman–Crippen LogP) is 0.102. The fraction of sp³-hybridized carbons (Fsp3) is 0.429. The van der Waals surface area contributed by atoms with Gasteiger partial charge in [0.1, 0.15) is 12.7 Å². The van der Waals surface area contributed by atoms with Crippen molar-refractivity contribution in [2.75, 3.05) is 6.61 Å². The number of amides is 1. The fourth-order valence-electron chi connectivity index (χ4n) is 0.885. The van der Waals surface area contributed by atoms with Crippen molar-refractivity contribution in [3.05, 3.63) is 16.9 Å². The van der Waals surface area contributed by atoms with E-state index < -0.39 is 12.2 Å². The van der Waals surface area contributed by atoms with E-state index in [4.69, 9.17) is 5.73 Å². The van der Waals surface area contributed by atoms with Crippen molar-refractivity contribution in [3.8, 4) is 0 Å². The summed E-state index contributed by atoms with van der Waals surface area (Å²) >= 11 is 3.21. The summed E-state index contributed by atoms with van der Waals surface area (Å²) in [7, 11) is 0. The average molecular weight is 264 g/mol. The Morgan fingerprint density at radius 3 is 3.07 bits per heavy atom. The van der Waals surface area contributed by atoms with E-state index in [1.165, 1.54) is 4.68 Å².